The first-order valence-corrected chi connectivity index (χ1v) is 8.52. The Hall–Kier alpha value is -1.15. The summed E-state index contributed by atoms with van der Waals surface area (Å²) in [6.45, 7) is 2.78. The molecule has 0 saturated heterocycles. The van der Waals surface area contributed by atoms with Crippen LogP contribution in [0.2, 0.25) is 5.02 Å². The number of benzene rings is 1. The fourth-order valence-corrected chi connectivity index (χ4v) is 2.60. The molecule has 3 nitrogen and oxygen atoms in total. The number of amides is 1. The number of nitrogens with one attached hydrogen (secondary N) is 1. The Morgan fingerprint density at radius 1 is 1.52 bits per heavy atom. The lowest BCUT2D eigenvalue weighted by molar-refractivity contribution is 0.0949. The molecular weight excluding hydrogens is 306 g/mol. The van der Waals surface area contributed by atoms with Crippen molar-refractivity contribution in [3.05, 3.63) is 34.3 Å². The van der Waals surface area contributed by atoms with E-state index in [1.54, 1.807) is 30.0 Å². The van der Waals surface area contributed by atoms with Gasteiger partial charge in [-0.3, -0.25) is 4.79 Å². The van der Waals surface area contributed by atoms with E-state index in [9.17, 15) is 4.79 Å². The predicted octanol–water partition coefficient (Wildman–Crippen LogP) is 2.80. The van der Waals surface area contributed by atoms with Gasteiger partial charge in [0.15, 0.2) is 0 Å². The van der Waals surface area contributed by atoms with Crippen molar-refractivity contribution in [3.63, 3.8) is 0 Å². The van der Waals surface area contributed by atoms with Crippen LogP contribution >= 0.6 is 23.4 Å². The van der Waals surface area contributed by atoms with E-state index in [2.05, 4.69) is 30.3 Å². The molecule has 0 heterocycles. The molecule has 0 saturated carbocycles. The van der Waals surface area contributed by atoms with Gasteiger partial charge in [-0.15, -0.1) is 0 Å². The quantitative estimate of drug-likeness (QED) is 0.791. The molecular formula is C16H20ClNO2S. The van der Waals surface area contributed by atoms with Crippen molar-refractivity contribution in [1.82, 2.24) is 5.32 Å². The third-order valence-electron chi connectivity index (χ3n) is 2.75. The van der Waals surface area contributed by atoms with E-state index in [1.807, 2.05) is 0 Å². The molecule has 0 fully saturated rings. The van der Waals surface area contributed by atoms with Crippen LogP contribution < -0.4 is 5.32 Å². The molecule has 1 amide bonds. The van der Waals surface area contributed by atoms with E-state index in [-0.39, 0.29) is 12.5 Å². The van der Waals surface area contributed by atoms with Crippen LogP contribution in [-0.2, 0) is 0 Å². The average molecular weight is 326 g/mol. The Kier molecular flexibility index (Phi) is 8.29. The van der Waals surface area contributed by atoms with Crippen LogP contribution in [0, 0.1) is 17.8 Å². The normalized spacial score (nSPS) is 11.4. The van der Waals surface area contributed by atoms with Crippen LogP contribution in [0.25, 0.3) is 0 Å². The summed E-state index contributed by atoms with van der Waals surface area (Å²) in [5.41, 5.74) is 1.20. The Labute approximate surface area is 135 Å². The number of rotatable bonds is 6. The van der Waals surface area contributed by atoms with E-state index < -0.39 is 0 Å². The maximum atomic E-state index is 12.0. The van der Waals surface area contributed by atoms with Crippen molar-refractivity contribution in [2.75, 3.05) is 25.2 Å². The second-order valence-electron chi connectivity index (χ2n) is 4.74. The number of thioether (sulfide) groups is 1. The number of hydrogen-bond acceptors (Lipinski definition) is 3. The zero-order chi connectivity index (χ0) is 15.7. The third-order valence-corrected chi connectivity index (χ3v) is 3.97. The molecule has 0 bridgehead atoms. The highest BCUT2D eigenvalue weighted by molar-refractivity contribution is 7.98. The number of carbonyl (C=O) groups is 1. The highest BCUT2D eigenvalue weighted by atomic mass is 35.5. The fraction of sp³-hybridized carbons (Fsp3) is 0.438. The van der Waals surface area contributed by atoms with Gasteiger partial charge in [-0.2, -0.15) is 11.8 Å². The summed E-state index contributed by atoms with van der Waals surface area (Å²) < 4.78 is 0. The number of carbonyl (C=O) groups excluding carboxylic acids is 1. The first-order valence-electron chi connectivity index (χ1n) is 6.75. The maximum Gasteiger partial charge on any atom is 0.251 e. The molecule has 1 atom stereocenters. The van der Waals surface area contributed by atoms with E-state index >= 15 is 0 Å². The molecule has 1 aromatic rings. The van der Waals surface area contributed by atoms with Crippen LogP contribution in [0.1, 0.15) is 29.3 Å². The van der Waals surface area contributed by atoms with Crippen molar-refractivity contribution >= 4 is 29.3 Å². The SMILES string of the molecule is CSCC(C)CNC(=O)c1ccc(C#CCCO)c(Cl)c1. The molecule has 0 aliphatic heterocycles. The van der Waals surface area contributed by atoms with Crippen molar-refractivity contribution in [2.24, 2.45) is 5.92 Å². The standard InChI is InChI=1S/C16H20ClNO2S/c1-12(11-21-2)10-18-16(20)14-7-6-13(15(17)9-14)5-3-4-8-19/h6-7,9,12,19H,4,8,10-11H2,1-2H3,(H,18,20). The van der Waals surface area contributed by atoms with Crippen LogP contribution in [0.15, 0.2) is 18.2 Å². The second kappa shape index (κ2) is 9.73. The Balaban J connectivity index is 2.66. The van der Waals surface area contributed by atoms with Crippen LogP contribution in [-0.4, -0.2) is 36.2 Å². The molecule has 1 aromatic carbocycles. The summed E-state index contributed by atoms with van der Waals surface area (Å²) in [4.78, 5) is 12.0. The smallest absolute Gasteiger partial charge is 0.251 e. The molecule has 1 rings (SSSR count). The van der Waals surface area contributed by atoms with E-state index in [0.29, 0.717) is 35.0 Å². The van der Waals surface area contributed by atoms with Gasteiger partial charge in [0.25, 0.3) is 5.91 Å². The molecule has 114 valence electrons. The summed E-state index contributed by atoms with van der Waals surface area (Å²) in [7, 11) is 0. The summed E-state index contributed by atoms with van der Waals surface area (Å²) in [6, 6.07) is 5.06. The first-order chi connectivity index (χ1) is 10.1. The van der Waals surface area contributed by atoms with Gasteiger partial charge < -0.3 is 10.4 Å². The number of aliphatic hydroxyl groups excluding tert-OH is 1. The Morgan fingerprint density at radius 3 is 2.90 bits per heavy atom. The molecule has 0 spiro atoms. The minimum atomic E-state index is -0.125. The predicted molar refractivity (Wildman–Crippen MR) is 89.9 cm³/mol. The summed E-state index contributed by atoms with van der Waals surface area (Å²) in [5, 5.41) is 12.0. The van der Waals surface area contributed by atoms with Crippen molar-refractivity contribution in [1.29, 1.82) is 0 Å². The topological polar surface area (TPSA) is 49.3 Å². The minimum Gasteiger partial charge on any atom is -0.395 e. The van der Waals surface area contributed by atoms with Gasteiger partial charge in [0.2, 0.25) is 0 Å². The highest BCUT2D eigenvalue weighted by Gasteiger charge is 2.09. The lowest BCUT2D eigenvalue weighted by atomic mass is 10.1. The second-order valence-corrected chi connectivity index (χ2v) is 6.06. The van der Waals surface area contributed by atoms with E-state index in [0.717, 1.165) is 5.75 Å². The van der Waals surface area contributed by atoms with Gasteiger partial charge in [-0.1, -0.05) is 30.4 Å². The molecule has 5 heteroatoms. The molecule has 21 heavy (non-hydrogen) atoms. The molecule has 0 aliphatic carbocycles. The Bertz CT molecular complexity index is 537. The van der Waals surface area contributed by atoms with Gasteiger partial charge in [0.05, 0.1) is 11.6 Å². The number of halogens is 1. The van der Waals surface area contributed by atoms with Crippen molar-refractivity contribution in [3.8, 4) is 11.8 Å². The lowest BCUT2D eigenvalue weighted by Gasteiger charge is -2.11. The van der Waals surface area contributed by atoms with Gasteiger partial charge in [0.1, 0.15) is 0 Å². The van der Waals surface area contributed by atoms with Crippen LogP contribution in [0.3, 0.4) is 0 Å². The summed E-state index contributed by atoms with van der Waals surface area (Å²) in [5.74, 6) is 7.00. The summed E-state index contributed by atoms with van der Waals surface area (Å²) in [6.07, 6.45) is 2.46. The highest BCUT2D eigenvalue weighted by Crippen LogP contribution is 2.17. The Morgan fingerprint density at radius 2 is 2.29 bits per heavy atom. The molecule has 0 radical (unpaired) electrons. The number of hydrogen-bond donors (Lipinski definition) is 2. The van der Waals surface area contributed by atoms with E-state index in [1.165, 1.54) is 0 Å². The number of aliphatic hydroxyl groups is 1. The fourth-order valence-electron chi connectivity index (χ4n) is 1.68. The maximum absolute atomic E-state index is 12.0. The van der Waals surface area contributed by atoms with Gasteiger partial charge in [0, 0.05) is 24.1 Å². The van der Waals surface area contributed by atoms with Gasteiger partial charge in [-0.05, 0) is 36.1 Å². The largest absolute Gasteiger partial charge is 0.395 e. The zero-order valence-electron chi connectivity index (χ0n) is 12.3. The third kappa shape index (κ3) is 6.43. The lowest BCUT2D eigenvalue weighted by Crippen LogP contribution is -2.29. The molecule has 0 aliphatic rings. The van der Waals surface area contributed by atoms with Crippen molar-refractivity contribution in [2.45, 2.75) is 13.3 Å². The monoisotopic (exact) mass is 325 g/mol. The van der Waals surface area contributed by atoms with Crippen LogP contribution in [0.5, 0.6) is 0 Å². The van der Waals surface area contributed by atoms with Gasteiger partial charge >= 0.3 is 0 Å². The van der Waals surface area contributed by atoms with Crippen LogP contribution in [0.4, 0.5) is 0 Å². The van der Waals surface area contributed by atoms with Gasteiger partial charge in [-0.25, -0.2) is 0 Å². The molecule has 1 unspecified atom stereocenters. The summed E-state index contributed by atoms with van der Waals surface area (Å²) >= 11 is 7.88. The molecule has 0 aromatic heterocycles. The zero-order valence-corrected chi connectivity index (χ0v) is 13.9. The average Bonchev–Trinajstić information content (AvgIpc) is 2.47. The first kappa shape index (κ1) is 17.9. The minimum absolute atomic E-state index is 0.0271. The van der Waals surface area contributed by atoms with Crippen molar-refractivity contribution < 1.29 is 9.90 Å². The molecule has 2 N–H and O–H groups in total. The van der Waals surface area contributed by atoms with E-state index in [4.69, 9.17) is 16.7 Å².